The van der Waals surface area contributed by atoms with Crippen molar-refractivity contribution in [3.63, 3.8) is 0 Å². The van der Waals surface area contributed by atoms with Crippen LogP contribution in [0.4, 0.5) is 4.39 Å². The summed E-state index contributed by atoms with van der Waals surface area (Å²) in [5.41, 5.74) is 2.50. The third-order valence-electron chi connectivity index (χ3n) is 5.46. The van der Waals surface area contributed by atoms with Crippen molar-refractivity contribution in [3.05, 3.63) is 59.9 Å². The molecule has 4 rings (SSSR count). The molecular formula is C21H23FN2O2S. The lowest BCUT2D eigenvalue weighted by molar-refractivity contribution is -0.131. The van der Waals surface area contributed by atoms with Crippen molar-refractivity contribution in [1.82, 2.24) is 9.62 Å². The molecule has 1 aliphatic heterocycles. The Kier molecular flexibility index (Phi) is 5.10. The van der Waals surface area contributed by atoms with Crippen molar-refractivity contribution in [3.8, 4) is 11.1 Å². The van der Waals surface area contributed by atoms with Gasteiger partial charge in [0.15, 0.2) is 0 Å². The maximum atomic E-state index is 14.3. The van der Waals surface area contributed by atoms with Crippen molar-refractivity contribution < 1.29 is 13.4 Å². The fraction of sp³-hybridized carbons (Fsp3) is 0.381. The van der Waals surface area contributed by atoms with Gasteiger partial charge in [0.2, 0.25) is 5.91 Å². The predicted molar refractivity (Wildman–Crippen MR) is 105 cm³/mol. The maximum Gasteiger partial charge on any atom is 0.226 e. The second kappa shape index (κ2) is 7.52. The van der Waals surface area contributed by atoms with E-state index in [0.717, 1.165) is 24.0 Å². The average molecular weight is 386 g/mol. The highest BCUT2D eigenvalue weighted by atomic mass is 32.2. The van der Waals surface area contributed by atoms with Crippen LogP contribution in [0.15, 0.2) is 48.5 Å². The average Bonchev–Trinajstić information content (AvgIpc) is 3.32. The number of carbonyl (C=O) groups is 1. The number of nitrogens with zero attached hydrogens (tertiary/aromatic N) is 1. The Bertz CT molecular complexity index is 888. The lowest BCUT2D eigenvalue weighted by Gasteiger charge is -2.17. The van der Waals surface area contributed by atoms with Gasteiger partial charge in [-0.3, -0.25) is 4.79 Å². The number of nitrogens with one attached hydrogen (secondary N) is 1. The quantitative estimate of drug-likeness (QED) is 0.859. The zero-order chi connectivity index (χ0) is 19.0. The first-order valence-corrected chi connectivity index (χ1v) is 10.8. The van der Waals surface area contributed by atoms with Gasteiger partial charge in [0, 0.05) is 36.9 Å². The zero-order valence-corrected chi connectivity index (χ0v) is 16.0. The van der Waals surface area contributed by atoms with Crippen LogP contribution in [0.3, 0.4) is 0 Å². The summed E-state index contributed by atoms with van der Waals surface area (Å²) in [6.07, 6.45) is 3.24. The van der Waals surface area contributed by atoms with Crippen molar-refractivity contribution in [2.75, 3.05) is 19.3 Å². The molecule has 4 unspecified atom stereocenters. The second-order valence-electron chi connectivity index (χ2n) is 7.36. The Morgan fingerprint density at radius 1 is 1.15 bits per heavy atom. The molecule has 2 fully saturated rings. The molecule has 0 aromatic heterocycles. The number of benzene rings is 2. The van der Waals surface area contributed by atoms with Gasteiger partial charge in [-0.05, 0) is 36.0 Å². The van der Waals surface area contributed by atoms with E-state index < -0.39 is 11.0 Å². The highest BCUT2D eigenvalue weighted by Crippen LogP contribution is 2.51. The SMILES string of the molecule is CS(=O)NC1CCN(C(=O)C2CC2c2ccccc2-c2ccccc2F)C1. The molecule has 1 saturated heterocycles. The molecule has 142 valence electrons. The van der Waals surface area contributed by atoms with Crippen LogP contribution in [0.1, 0.15) is 24.3 Å². The fourth-order valence-electron chi connectivity index (χ4n) is 4.08. The normalized spacial score (nSPS) is 25.4. The Morgan fingerprint density at radius 2 is 1.85 bits per heavy atom. The van der Waals surface area contributed by atoms with Crippen molar-refractivity contribution in [1.29, 1.82) is 0 Å². The summed E-state index contributed by atoms with van der Waals surface area (Å²) in [6, 6.07) is 14.7. The van der Waals surface area contributed by atoms with Crippen LogP contribution in [0.2, 0.25) is 0 Å². The van der Waals surface area contributed by atoms with E-state index in [2.05, 4.69) is 4.72 Å². The first kappa shape index (κ1) is 18.3. The molecule has 1 saturated carbocycles. The largest absolute Gasteiger partial charge is 0.341 e. The van der Waals surface area contributed by atoms with Gasteiger partial charge in [0.05, 0.1) is 11.0 Å². The van der Waals surface area contributed by atoms with Gasteiger partial charge in [-0.2, -0.15) is 0 Å². The van der Waals surface area contributed by atoms with Gasteiger partial charge < -0.3 is 4.90 Å². The van der Waals surface area contributed by atoms with E-state index in [9.17, 15) is 13.4 Å². The summed E-state index contributed by atoms with van der Waals surface area (Å²) in [4.78, 5) is 14.8. The van der Waals surface area contributed by atoms with E-state index in [0.29, 0.717) is 18.7 Å². The van der Waals surface area contributed by atoms with Crippen LogP contribution >= 0.6 is 0 Å². The summed E-state index contributed by atoms with van der Waals surface area (Å²) in [7, 11) is -1.07. The van der Waals surface area contributed by atoms with Crippen LogP contribution in [0.5, 0.6) is 0 Å². The number of hydrogen-bond acceptors (Lipinski definition) is 2. The summed E-state index contributed by atoms with van der Waals surface area (Å²) in [5.74, 6) is 0.0217. The minimum absolute atomic E-state index is 0.0382. The monoisotopic (exact) mass is 386 g/mol. The Balaban J connectivity index is 1.49. The molecule has 1 heterocycles. The van der Waals surface area contributed by atoms with Gasteiger partial charge in [0.1, 0.15) is 5.82 Å². The van der Waals surface area contributed by atoms with Gasteiger partial charge >= 0.3 is 0 Å². The topological polar surface area (TPSA) is 49.4 Å². The van der Waals surface area contributed by atoms with Gasteiger partial charge in [-0.1, -0.05) is 42.5 Å². The van der Waals surface area contributed by atoms with Crippen LogP contribution in [-0.4, -0.2) is 40.4 Å². The third-order valence-corrected chi connectivity index (χ3v) is 6.13. The molecular weight excluding hydrogens is 363 g/mol. The number of carbonyl (C=O) groups excluding carboxylic acids is 1. The summed E-state index contributed by atoms with van der Waals surface area (Å²) >= 11 is 0. The molecule has 6 heteroatoms. The number of halogens is 1. The van der Waals surface area contributed by atoms with Crippen LogP contribution < -0.4 is 4.72 Å². The molecule has 1 aliphatic carbocycles. The minimum Gasteiger partial charge on any atom is -0.341 e. The van der Waals surface area contributed by atoms with E-state index >= 15 is 0 Å². The van der Waals surface area contributed by atoms with E-state index in [1.54, 1.807) is 18.4 Å². The van der Waals surface area contributed by atoms with Gasteiger partial charge in [0.25, 0.3) is 0 Å². The molecule has 0 radical (unpaired) electrons. The smallest absolute Gasteiger partial charge is 0.226 e. The van der Waals surface area contributed by atoms with Crippen LogP contribution in [0.25, 0.3) is 11.1 Å². The van der Waals surface area contributed by atoms with Crippen molar-refractivity contribution >= 4 is 16.9 Å². The van der Waals surface area contributed by atoms with Crippen LogP contribution in [-0.2, 0) is 15.8 Å². The van der Waals surface area contributed by atoms with Gasteiger partial charge in [-0.25, -0.2) is 13.3 Å². The van der Waals surface area contributed by atoms with Crippen molar-refractivity contribution in [2.24, 2.45) is 5.92 Å². The maximum absolute atomic E-state index is 14.3. The number of amides is 1. The predicted octanol–water partition coefficient (Wildman–Crippen LogP) is 3.08. The fourth-order valence-corrected chi connectivity index (χ4v) is 4.74. The van der Waals surface area contributed by atoms with Crippen LogP contribution in [0, 0.1) is 11.7 Å². The number of likely N-dealkylation sites (tertiary alicyclic amines) is 1. The number of hydrogen-bond donors (Lipinski definition) is 1. The molecule has 4 atom stereocenters. The Labute approximate surface area is 161 Å². The first-order chi connectivity index (χ1) is 13.0. The Hall–Kier alpha value is -2.05. The summed E-state index contributed by atoms with van der Waals surface area (Å²) in [6.45, 7) is 1.31. The molecule has 27 heavy (non-hydrogen) atoms. The molecule has 2 aliphatic rings. The molecule has 0 spiro atoms. The first-order valence-electron chi connectivity index (χ1n) is 9.27. The number of rotatable bonds is 5. The molecule has 1 amide bonds. The zero-order valence-electron chi connectivity index (χ0n) is 15.2. The molecule has 2 aromatic rings. The standard InChI is InChI=1S/C21H23FN2O2S/c1-27(26)23-14-10-11-24(13-14)21(25)19-12-18(19)16-7-3-2-6-15(16)17-8-4-5-9-20(17)22/h2-9,14,18-19,23H,10-13H2,1H3. The minimum atomic E-state index is -1.07. The van der Waals surface area contributed by atoms with E-state index in [-0.39, 0.29) is 29.6 Å². The third kappa shape index (κ3) is 3.82. The molecule has 2 aromatic carbocycles. The molecule has 1 N–H and O–H groups in total. The van der Waals surface area contributed by atoms with Gasteiger partial charge in [-0.15, -0.1) is 0 Å². The highest BCUT2D eigenvalue weighted by Gasteiger charge is 2.47. The summed E-state index contributed by atoms with van der Waals surface area (Å²) < 4.78 is 28.6. The molecule has 0 bridgehead atoms. The van der Waals surface area contributed by atoms with Crippen molar-refractivity contribution in [2.45, 2.75) is 24.8 Å². The lowest BCUT2D eigenvalue weighted by Crippen LogP contribution is -2.36. The molecule has 4 nitrogen and oxygen atoms in total. The summed E-state index contributed by atoms with van der Waals surface area (Å²) in [5, 5.41) is 0. The Morgan fingerprint density at radius 3 is 2.59 bits per heavy atom. The van der Waals surface area contributed by atoms with E-state index in [1.807, 2.05) is 35.2 Å². The second-order valence-corrected chi connectivity index (χ2v) is 8.50. The highest BCUT2D eigenvalue weighted by molar-refractivity contribution is 7.82. The van der Waals surface area contributed by atoms with E-state index in [1.165, 1.54) is 6.07 Å². The lowest BCUT2D eigenvalue weighted by atomic mass is 9.95. The van der Waals surface area contributed by atoms with E-state index in [4.69, 9.17) is 0 Å².